The molecule has 0 saturated carbocycles. The van der Waals surface area contributed by atoms with Gasteiger partial charge in [-0.15, -0.1) is 0 Å². The van der Waals surface area contributed by atoms with E-state index in [0.29, 0.717) is 34.9 Å². The number of hydrogen-bond donors (Lipinski definition) is 0. The summed E-state index contributed by atoms with van der Waals surface area (Å²) in [5, 5.41) is 0. The van der Waals surface area contributed by atoms with Gasteiger partial charge in [-0.1, -0.05) is 0 Å². The molecule has 23 heavy (non-hydrogen) atoms. The van der Waals surface area contributed by atoms with Gasteiger partial charge in [0, 0.05) is 25.7 Å². The molecule has 4 rings (SSSR count). The van der Waals surface area contributed by atoms with Gasteiger partial charge in [-0.3, -0.25) is 0 Å². The number of rotatable bonds is 2. The molecule has 0 unspecified atom stereocenters. The molecule has 1 spiro atoms. The standard InChI is InChI=1S/C16H22N2O4S/c1-17-7-4-16(11-17)5-8-18(9-6-16)23(19,20)13-2-3-14-15(10-13)22-12-21-14/h2-3,10H,4-9,11-12H2,1H3. The molecule has 2 fully saturated rings. The van der Waals surface area contributed by atoms with Crippen molar-refractivity contribution in [3.8, 4) is 11.5 Å². The maximum absolute atomic E-state index is 12.9. The molecule has 3 aliphatic rings. The van der Waals surface area contributed by atoms with Gasteiger partial charge in [0.05, 0.1) is 4.90 Å². The normalized spacial score (nSPS) is 24.4. The summed E-state index contributed by atoms with van der Waals surface area (Å²) in [6.07, 6.45) is 3.07. The number of hydrogen-bond acceptors (Lipinski definition) is 5. The van der Waals surface area contributed by atoms with Crippen molar-refractivity contribution in [2.75, 3.05) is 40.0 Å². The Morgan fingerprint density at radius 3 is 2.43 bits per heavy atom. The Labute approximate surface area is 137 Å². The molecule has 0 atom stereocenters. The smallest absolute Gasteiger partial charge is 0.243 e. The van der Waals surface area contributed by atoms with Gasteiger partial charge in [0.1, 0.15) is 0 Å². The maximum atomic E-state index is 12.9. The first-order valence-corrected chi connectivity index (χ1v) is 9.51. The van der Waals surface area contributed by atoms with Crippen molar-refractivity contribution >= 4 is 10.0 Å². The number of nitrogens with zero attached hydrogens (tertiary/aromatic N) is 2. The SMILES string of the molecule is CN1CCC2(CCN(S(=O)(=O)c3ccc4c(c3)OCO4)CC2)C1. The lowest BCUT2D eigenvalue weighted by Crippen LogP contribution is -2.44. The van der Waals surface area contributed by atoms with Crippen LogP contribution in [0.4, 0.5) is 0 Å². The predicted octanol–water partition coefficient (Wildman–Crippen LogP) is 1.52. The van der Waals surface area contributed by atoms with Crippen LogP contribution in [0.2, 0.25) is 0 Å². The van der Waals surface area contributed by atoms with Gasteiger partial charge in [0.25, 0.3) is 0 Å². The van der Waals surface area contributed by atoms with E-state index in [1.54, 1.807) is 22.5 Å². The quantitative estimate of drug-likeness (QED) is 0.818. The number of likely N-dealkylation sites (tertiary alicyclic amines) is 1. The van der Waals surface area contributed by atoms with Crippen LogP contribution in [-0.4, -0.2) is 57.6 Å². The van der Waals surface area contributed by atoms with E-state index < -0.39 is 10.0 Å². The van der Waals surface area contributed by atoms with Crippen molar-refractivity contribution in [1.29, 1.82) is 0 Å². The van der Waals surface area contributed by atoms with Crippen LogP contribution in [0.15, 0.2) is 23.1 Å². The number of benzene rings is 1. The van der Waals surface area contributed by atoms with E-state index in [2.05, 4.69) is 11.9 Å². The molecule has 0 aliphatic carbocycles. The third kappa shape index (κ3) is 2.60. The molecule has 7 heteroatoms. The van der Waals surface area contributed by atoms with E-state index in [0.717, 1.165) is 25.9 Å². The molecule has 6 nitrogen and oxygen atoms in total. The molecular formula is C16H22N2O4S. The fraction of sp³-hybridized carbons (Fsp3) is 0.625. The Morgan fingerprint density at radius 2 is 1.74 bits per heavy atom. The highest BCUT2D eigenvalue weighted by atomic mass is 32.2. The number of piperidine rings is 1. The molecule has 0 aromatic heterocycles. The minimum atomic E-state index is -3.46. The number of ether oxygens (including phenoxy) is 2. The molecule has 2 saturated heterocycles. The first-order valence-electron chi connectivity index (χ1n) is 8.07. The second kappa shape index (κ2) is 5.36. The zero-order valence-corrected chi connectivity index (χ0v) is 14.1. The van der Waals surface area contributed by atoms with Gasteiger partial charge in [-0.2, -0.15) is 4.31 Å². The maximum Gasteiger partial charge on any atom is 0.243 e. The molecule has 1 aromatic carbocycles. The van der Waals surface area contributed by atoms with Crippen LogP contribution in [0.3, 0.4) is 0 Å². The second-order valence-corrected chi connectivity index (χ2v) is 8.84. The van der Waals surface area contributed by atoms with Crippen LogP contribution in [0.1, 0.15) is 19.3 Å². The fourth-order valence-corrected chi connectivity index (χ4v) is 5.41. The van der Waals surface area contributed by atoms with Crippen LogP contribution in [0.5, 0.6) is 11.5 Å². The van der Waals surface area contributed by atoms with Gasteiger partial charge in [-0.05, 0) is 50.4 Å². The average molecular weight is 338 g/mol. The zero-order valence-electron chi connectivity index (χ0n) is 13.3. The van der Waals surface area contributed by atoms with E-state index in [1.807, 2.05) is 0 Å². The Morgan fingerprint density at radius 1 is 1.04 bits per heavy atom. The third-order valence-electron chi connectivity index (χ3n) is 5.39. The summed E-state index contributed by atoms with van der Waals surface area (Å²) in [7, 11) is -1.32. The minimum Gasteiger partial charge on any atom is -0.454 e. The van der Waals surface area contributed by atoms with E-state index >= 15 is 0 Å². The second-order valence-electron chi connectivity index (χ2n) is 6.91. The van der Waals surface area contributed by atoms with Crippen molar-refractivity contribution in [2.24, 2.45) is 5.41 Å². The summed E-state index contributed by atoms with van der Waals surface area (Å²) in [4.78, 5) is 2.64. The van der Waals surface area contributed by atoms with Gasteiger partial charge < -0.3 is 14.4 Å². The molecule has 3 heterocycles. The van der Waals surface area contributed by atoms with Crippen LogP contribution in [-0.2, 0) is 10.0 Å². The summed E-state index contributed by atoms with van der Waals surface area (Å²) in [6, 6.07) is 4.86. The molecular weight excluding hydrogens is 316 g/mol. The van der Waals surface area contributed by atoms with Gasteiger partial charge >= 0.3 is 0 Å². The van der Waals surface area contributed by atoms with E-state index in [-0.39, 0.29) is 6.79 Å². The van der Waals surface area contributed by atoms with Gasteiger partial charge in [0.2, 0.25) is 16.8 Å². The topological polar surface area (TPSA) is 59.1 Å². The van der Waals surface area contributed by atoms with Crippen molar-refractivity contribution in [3.05, 3.63) is 18.2 Å². The zero-order chi connectivity index (χ0) is 16.1. The van der Waals surface area contributed by atoms with E-state index in [4.69, 9.17) is 9.47 Å². The van der Waals surface area contributed by atoms with E-state index in [1.165, 1.54) is 6.42 Å². The Balaban J connectivity index is 1.52. The Hall–Kier alpha value is -1.31. The lowest BCUT2D eigenvalue weighted by atomic mass is 9.78. The third-order valence-corrected chi connectivity index (χ3v) is 7.29. The van der Waals surface area contributed by atoms with Crippen molar-refractivity contribution in [3.63, 3.8) is 0 Å². The van der Waals surface area contributed by atoms with Crippen LogP contribution >= 0.6 is 0 Å². The molecule has 0 amide bonds. The van der Waals surface area contributed by atoms with Crippen LogP contribution < -0.4 is 9.47 Å². The van der Waals surface area contributed by atoms with Crippen molar-refractivity contribution < 1.29 is 17.9 Å². The summed E-state index contributed by atoms with van der Waals surface area (Å²) < 4.78 is 37.9. The van der Waals surface area contributed by atoms with Crippen molar-refractivity contribution in [1.82, 2.24) is 9.21 Å². The molecule has 126 valence electrons. The first-order chi connectivity index (χ1) is 11.0. The summed E-state index contributed by atoms with van der Waals surface area (Å²) in [5.74, 6) is 1.12. The van der Waals surface area contributed by atoms with Crippen molar-refractivity contribution in [2.45, 2.75) is 24.2 Å². The summed E-state index contributed by atoms with van der Waals surface area (Å²) in [6.45, 7) is 3.56. The predicted molar refractivity (Wildman–Crippen MR) is 85.1 cm³/mol. The molecule has 3 aliphatic heterocycles. The first kappa shape index (κ1) is 15.2. The highest BCUT2D eigenvalue weighted by Crippen LogP contribution is 2.41. The molecule has 0 radical (unpaired) electrons. The number of fused-ring (bicyclic) bond motifs is 1. The highest BCUT2D eigenvalue weighted by molar-refractivity contribution is 7.89. The average Bonchev–Trinajstić information content (AvgIpc) is 3.14. The minimum absolute atomic E-state index is 0.151. The largest absolute Gasteiger partial charge is 0.454 e. The van der Waals surface area contributed by atoms with E-state index in [9.17, 15) is 8.42 Å². The summed E-state index contributed by atoms with van der Waals surface area (Å²) >= 11 is 0. The molecule has 0 bridgehead atoms. The van der Waals surface area contributed by atoms with Crippen LogP contribution in [0.25, 0.3) is 0 Å². The number of sulfonamides is 1. The summed E-state index contributed by atoms with van der Waals surface area (Å²) in [5.41, 5.74) is 0.315. The Bertz CT molecular complexity index is 711. The highest BCUT2D eigenvalue weighted by Gasteiger charge is 2.42. The Kier molecular flexibility index (Phi) is 3.55. The fourth-order valence-electron chi connectivity index (χ4n) is 3.95. The lowest BCUT2D eigenvalue weighted by Gasteiger charge is -2.38. The monoisotopic (exact) mass is 338 g/mol. The lowest BCUT2D eigenvalue weighted by molar-refractivity contribution is 0.161. The van der Waals surface area contributed by atoms with Crippen LogP contribution in [0, 0.1) is 5.41 Å². The van der Waals surface area contributed by atoms with Gasteiger partial charge in [-0.25, -0.2) is 8.42 Å². The molecule has 0 N–H and O–H groups in total. The molecule has 1 aromatic rings. The van der Waals surface area contributed by atoms with Gasteiger partial charge in [0.15, 0.2) is 11.5 Å².